The third kappa shape index (κ3) is 4.10. The van der Waals surface area contributed by atoms with Gasteiger partial charge in [-0.25, -0.2) is 19.4 Å². The SMILES string of the molecule is CC(C)(C)N(C(=O)O)[C@@H]1CCC(c2cnc3nnn(Cc4ccc5ncccc5c4)c3n2)C1. The molecule has 1 aliphatic rings. The normalized spacial score (nSPS) is 18.8. The molecule has 1 aromatic carbocycles. The van der Waals surface area contributed by atoms with Crippen LogP contribution in [0, 0.1) is 0 Å². The second-order valence-corrected chi connectivity index (χ2v) is 9.71. The number of carboxylic acid groups (broad SMARTS) is 1. The average molecular weight is 446 g/mol. The average Bonchev–Trinajstić information content (AvgIpc) is 3.40. The van der Waals surface area contributed by atoms with Gasteiger partial charge in [0.1, 0.15) is 0 Å². The highest BCUT2D eigenvalue weighted by Gasteiger charge is 2.38. The van der Waals surface area contributed by atoms with Crippen molar-refractivity contribution in [3.63, 3.8) is 0 Å². The summed E-state index contributed by atoms with van der Waals surface area (Å²) in [6, 6.07) is 10.1. The fourth-order valence-corrected chi connectivity index (χ4v) is 4.92. The van der Waals surface area contributed by atoms with Crippen molar-refractivity contribution < 1.29 is 9.90 Å². The van der Waals surface area contributed by atoms with E-state index in [0.29, 0.717) is 17.8 Å². The Hall–Kier alpha value is -3.62. The van der Waals surface area contributed by atoms with Crippen LogP contribution < -0.4 is 0 Å². The molecule has 0 spiro atoms. The number of pyridine rings is 1. The number of benzene rings is 1. The molecule has 0 radical (unpaired) electrons. The van der Waals surface area contributed by atoms with Gasteiger partial charge in [0.05, 0.1) is 24.0 Å². The molecule has 1 aliphatic carbocycles. The topological polar surface area (TPSA) is 110 Å². The van der Waals surface area contributed by atoms with Crippen molar-refractivity contribution in [2.24, 2.45) is 0 Å². The Morgan fingerprint density at radius 1 is 1.21 bits per heavy atom. The Labute approximate surface area is 191 Å². The number of amides is 1. The number of aromatic nitrogens is 6. The molecule has 0 aliphatic heterocycles. The van der Waals surface area contributed by atoms with Gasteiger partial charge in [0.2, 0.25) is 5.65 Å². The monoisotopic (exact) mass is 445 g/mol. The molecule has 33 heavy (non-hydrogen) atoms. The minimum atomic E-state index is -0.873. The van der Waals surface area contributed by atoms with Crippen LogP contribution in [0.3, 0.4) is 0 Å². The molecule has 9 nitrogen and oxygen atoms in total. The lowest BCUT2D eigenvalue weighted by atomic mass is 10.0. The first-order chi connectivity index (χ1) is 15.8. The molecule has 3 aromatic heterocycles. The van der Waals surface area contributed by atoms with Gasteiger partial charge in [-0.2, -0.15) is 0 Å². The highest BCUT2D eigenvalue weighted by molar-refractivity contribution is 5.79. The Balaban J connectivity index is 1.40. The fraction of sp³-hybridized carbons (Fsp3) is 0.417. The maximum Gasteiger partial charge on any atom is 0.407 e. The molecule has 2 atom stereocenters. The Morgan fingerprint density at radius 3 is 2.85 bits per heavy atom. The third-order valence-corrected chi connectivity index (χ3v) is 6.36. The van der Waals surface area contributed by atoms with Crippen LogP contribution in [0.5, 0.6) is 0 Å². The summed E-state index contributed by atoms with van der Waals surface area (Å²) in [4.78, 5) is 27.2. The first kappa shape index (κ1) is 21.2. The lowest BCUT2D eigenvalue weighted by Gasteiger charge is -2.38. The second kappa shape index (κ2) is 8.06. The summed E-state index contributed by atoms with van der Waals surface area (Å²) < 4.78 is 1.77. The summed E-state index contributed by atoms with van der Waals surface area (Å²) in [7, 11) is 0. The fourth-order valence-electron chi connectivity index (χ4n) is 4.92. The van der Waals surface area contributed by atoms with E-state index in [1.807, 2.05) is 45.0 Å². The van der Waals surface area contributed by atoms with E-state index in [1.165, 1.54) is 0 Å². The van der Waals surface area contributed by atoms with Gasteiger partial charge in [0.15, 0.2) is 5.65 Å². The number of carbonyl (C=O) groups is 1. The minimum Gasteiger partial charge on any atom is -0.465 e. The van der Waals surface area contributed by atoms with E-state index in [2.05, 4.69) is 26.3 Å². The summed E-state index contributed by atoms with van der Waals surface area (Å²) in [5, 5.41) is 19.3. The molecule has 1 unspecified atom stereocenters. The molecule has 1 saturated carbocycles. The number of hydrogen-bond acceptors (Lipinski definition) is 6. The van der Waals surface area contributed by atoms with Crippen molar-refractivity contribution in [2.45, 2.75) is 64.1 Å². The molecular formula is C24H27N7O2. The van der Waals surface area contributed by atoms with Crippen molar-refractivity contribution in [3.8, 4) is 0 Å². The van der Waals surface area contributed by atoms with Crippen molar-refractivity contribution in [1.29, 1.82) is 0 Å². The van der Waals surface area contributed by atoms with E-state index < -0.39 is 11.6 Å². The van der Waals surface area contributed by atoms with Crippen LogP contribution in [-0.4, -0.2) is 57.6 Å². The van der Waals surface area contributed by atoms with Crippen molar-refractivity contribution in [1.82, 2.24) is 34.8 Å². The molecular weight excluding hydrogens is 418 g/mol. The van der Waals surface area contributed by atoms with E-state index in [0.717, 1.165) is 41.4 Å². The largest absolute Gasteiger partial charge is 0.465 e. The first-order valence-electron chi connectivity index (χ1n) is 11.2. The molecule has 9 heteroatoms. The van der Waals surface area contributed by atoms with Gasteiger partial charge in [-0.3, -0.25) is 4.98 Å². The van der Waals surface area contributed by atoms with Crippen molar-refractivity contribution in [3.05, 3.63) is 54.0 Å². The van der Waals surface area contributed by atoms with E-state index in [1.54, 1.807) is 22.0 Å². The molecule has 1 N–H and O–H groups in total. The number of fused-ring (bicyclic) bond motifs is 2. The van der Waals surface area contributed by atoms with Crippen LogP contribution in [-0.2, 0) is 6.54 Å². The lowest BCUT2D eigenvalue weighted by molar-refractivity contribution is 0.0715. The van der Waals surface area contributed by atoms with Gasteiger partial charge >= 0.3 is 6.09 Å². The molecule has 4 aromatic rings. The zero-order valence-electron chi connectivity index (χ0n) is 19.0. The number of rotatable bonds is 4. The van der Waals surface area contributed by atoms with Crippen LogP contribution in [0.1, 0.15) is 57.2 Å². The summed E-state index contributed by atoms with van der Waals surface area (Å²) in [6.45, 7) is 6.34. The molecule has 5 rings (SSSR count). The standard InChI is InChI=1S/C24H27N7O2/c1-24(2,3)31(23(32)33)18-8-7-17(12-18)20-13-26-21-22(27-20)30(29-28-21)14-15-6-9-19-16(11-15)5-4-10-25-19/h4-6,9-11,13,17-18H,7-8,12,14H2,1-3H3,(H,32,33)/t17?,18-/m1/s1. The number of hydrogen-bond donors (Lipinski definition) is 1. The van der Waals surface area contributed by atoms with Crippen LogP contribution in [0.15, 0.2) is 42.7 Å². The Kier molecular flexibility index (Phi) is 5.19. The maximum absolute atomic E-state index is 11.9. The smallest absolute Gasteiger partial charge is 0.407 e. The first-order valence-corrected chi connectivity index (χ1v) is 11.2. The zero-order valence-corrected chi connectivity index (χ0v) is 19.0. The van der Waals surface area contributed by atoms with Crippen molar-refractivity contribution in [2.75, 3.05) is 0 Å². The lowest BCUT2D eigenvalue weighted by Crippen LogP contribution is -2.50. The molecule has 170 valence electrons. The van der Waals surface area contributed by atoms with Gasteiger partial charge in [0, 0.05) is 29.1 Å². The predicted molar refractivity (Wildman–Crippen MR) is 124 cm³/mol. The van der Waals surface area contributed by atoms with E-state index in [-0.39, 0.29) is 12.0 Å². The minimum absolute atomic E-state index is 0.0285. The molecule has 1 fully saturated rings. The second-order valence-electron chi connectivity index (χ2n) is 9.71. The van der Waals surface area contributed by atoms with Gasteiger partial charge in [-0.1, -0.05) is 17.3 Å². The van der Waals surface area contributed by atoms with Gasteiger partial charge in [-0.05, 0) is 63.8 Å². The van der Waals surface area contributed by atoms with Crippen LogP contribution in [0.4, 0.5) is 4.79 Å². The van der Waals surface area contributed by atoms with Crippen molar-refractivity contribution >= 4 is 28.3 Å². The number of nitrogens with zero attached hydrogens (tertiary/aromatic N) is 7. The third-order valence-electron chi connectivity index (χ3n) is 6.36. The van der Waals surface area contributed by atoms with Crippen LogP contribution in [0.25, 0.3) is 22.2 Å². The zero-order chi connectivity index (χ0) is 23.2. The van der Waals surface area contributed by atoms with Gasteiger partial charge < -0.3 is 10.0 Å². The van der Waals surface area contributed by atoms with E-state index in [4.69, 9.17) is 4.98 Å². The summed E-state index contributed by atoms with van der Waals surface area (Å²) >= 11 is 0. The molecule has 0 saturated heterocycles. The highest BCUT2D eigenvalue weighted by Crippen LogP contribution is 2.38. The quantitative estimate of drug-likeness (QED) is 0.500. The van der Waals surface area contributed by atoms with Gasteiger partial charge in [0.25, 0.3) is 0 Å². The maximum atomic E-state index is 11.9. The summed E-state index contributed by atoms with van der Waals surface area (Å²) in [5.74, 6) is 0.159. The highest BCUT2D eigenvalue weighted by atomic mass is 16.4. The van der Waals surface area contributed by atoms with E-state index in [9.17, 15) is 9.90 Å². The summed E-state index contributed by atoms with van der Waals surface area (Å²) in [5.41, 5.74) is 3.62. The van der Waals surface area contributed by atoms with Crippen LogP contribution in [0.2, 0.25) is 0 Å². The predicted octanol–water partition coefficient (Wildman–Crippen LogP) is 4.23. The van der Waals surface area contributed by atoms with Crippen LogP contribution >= 0.6 is 0 Å². The molecule has 1 amide bonds. The van der Waals surface area contributed by atoms with E-state index >= 15 is 0 Å². The Morgan fingerprint density at radius 2 is 2.06 bits per heavy atom. The summed E-state index contributed by atoms with van der Waals surface area (Å²) in [6.07, 6.45) is 5.11. The molecule has 3 heterocycles. The Bertz CT molecular complexity index is 1330. The molecule has 0 bridgehead atoms. The van der Waals surface area contributed by atoms with Gasteiger partial charge in [-0.15, -0.1) is 5.10 Å².